The summed E-state index contributed by atoms with van der Waals surface area (Å²) in [6.07, 6.45) is 1.41. The summed E-state index contributed by atoms with van der Waals surface area (Å²) in [4.78, 5) is 27.1. The van der Waals surface area contributed by atoms with Gasteiger partial charge in [0.25, 0.3) is 5.91 Å². The molecular formula is C19H20BrNO4. The summed E-state index contributed by atoms with van der Waals surface area (Å²) in [5.74, 6) is -0.0824. The molecule has 25 heavy (non-hydrogen) atoms. The second kappa shape index (κ2) is 6.77. The average Bonchev–Trinajstić information content (AvgIpc) is 3.09. The van der Waals surface area contributed by atoms with Gasteiger partial charge in [-0.3, -0.25) is 9.59 Å². The number of nitrogens with zero attached hydrogens (tertiary/aromatic N) is 1. The van der Waals surface area contributed by atoms with Crippen molar-refractivity contribution in [2.24, 2.45) is 0 Å². The standard InChI is InChI=1S/C19H20BrNO4/c1-3-4-9-21-15-7-6-13(20)10-14(15)19(24,18(21)23)11-16(22)17-8-5-12(2)25-17/h5-8,10,24H,3-4,9,11H2,1-2H3. The highest BCUT2D eigenvalue weighted by molar-refractivity contribution is 9.10. The van der Waals surface area contributed by atoms with Gasteiger partial charge in [0.1, 0.15) is 5.76 Å². The molecule has 132 valence electrons. The number of carbonyl (C=O) groups excluding carboxylic acids is 2. The number of benzene rings is 1. The molecule has 2 heterocycles. The molecular weight excluding hydrogens is 386 g/mol. The Labute approximate surface area is 154 Å². The normalized spacial score (nSPS) is 19.4. The highest BCUT2D eigenvalue weighted by Gasteiger charge is 2.51. The molecule has 1 aromatic carbocycles. The molecule has 0 fully saturated rings. The number of Topliss-reactive ketones (excluding diaryl/α,β-unsaturated/α-hetero) is 1. The van der Waals surface area contributed by atoms with Gasteiger partial charge in [0.2, 0.25) is 5.78 Å². The van der Waals surface area contributed by atoms with Gasteiger partial charge >= 0.3 is 0 Å². The van der Waals surface area contributed by atoms with Gasteiger partial charge in [-0.1, -0.05) is 29.3 Å². The van der Waals surface area contributed by atoms with Crippen molar-refractivity contribution < 1.29 is 19.1 Å². The predicted octanol–water partition coefficient (Wildman–Crippen LogP) is 3.96. The van der Waals surface area contributed by atoms with Crippen molar-refractivity contribution >= 4 is 33.3 Å². The number of aryl methyl sites for hydroxylation is 1. The first-order chi connectivity index (χ1) is 11.9. The van der Waals surface area contributed by atoms with Gasteiger partial charge in [-0.15, -0.1) is 0 Å². The number of rotatable bonds is 6. The van der Waals surface area contributed by atoms with Crippen LogP contribution < -0.4 is 4.90 Å². The van der Waals surface area contributed by atoms with E-state index in [1.807, 2.05) is 13.0 Å². The number of furan rings is 1. The lowest BCUT2D eigenvalue weighted by molar-refractivity contribution is -0.135. The Balaban J connectivity index is 1.98. The van der Waals surface area contributed by atoms with Crippen LogP contribution in [0.4, 0.5) is 5.69 Å². The Bertz CT molecular complexity index is 829. The minimum absolute atomic E-state index is 0.155. The van der Waals surface area contributed by atoms with Crippen LogP contribution in [0.3, 0.4) is 0 Å². The van der Waals surface area contributed by atoms with Gasteiger partial charge in [-0.05, 0) is 43.7 Å². The van der Waals surface area contributed by atoms with Crippen LogP contribution in [-0.2, 0) is 10.4 Å². The lowest BCUT2D eigenvalue weighted by Gasteiger charge is -2.22. The molecule has 1 atom stereocenters. The maximum absolute atomic E-state index is 13.0. The number of fused-ring (bicyclic) bond motifs is 1. The van der Waals surface area contributed by atoms with E-state index in [-0.39, 0.29) is 12.2 Å². The number of ketones is 1. The molecule has 1 aliphatic heterocycles. The molecule has 1 aliphatic rings. The molecule has 5 nitrogen and oxygen atoms in total. The van der Waals surface area contributed by atoms with E-state index in [1.165, 1.54) is 0 Å². The fourth-order valence-corrected chi connectivity index (χ4v) is 3.50. The van der Waals surface area contributed by atoms with Crippen LogP contribution in [0.1, 0.15) is 48.1 Å². The number of hydrogen-bond acceptors (Lipinski definition) is 4. The number of amides is 1. The third-order valence-corrected chi connectivity index (χ3v) is 4.95. The molecule has 0 bridgehead atoms. The molecule has 1 N–H and O–H groups in total. The van der Waals surface area contributed by atoms with Gasteiger partial charge in [0, 0.05) is 16.6 Å². The molecule has 3 rings (SSSR count). The summed E-state index contributed by atoms with van der Waals surface area (Å²) in [5, 5.41) is 11.2. The van der Waals surface area contributed by atoms with Crippen LogP contribution in [0, 0.1) is 6.92 Å². The van der Waals surface area contributed by atoms with Crippen LogP contribution in [0.5, 0.6) is 0 Å². The number of carbonyl (C=O) groups is 2. The summed E-state index contributed by atoms with van der Waals surface area (Å²) >= 11 is 3.38. The average molecular weight is 406 g/mol. The second-order valence-electron chi connectivity index (χ2n) is 6.34. The fourth-order valence-electron chi connectivity index (χ4n) is 3.14. The van der Waals surface area contributed by atoms with E-state index in [0.717, 1.165) is 17.3 Å². The zero-order chi connectivity index (χ0) is 18.2. The van der Waals surface area contributed by atoms with E-state index < -0.39 is 17.3 Å². The first-order valence-electron chi connectivity index (χ1n) is 8.31. The smallest absolute Gasteiger partial charge is 0.264 e. The van der Waals surface area contributed by atoms with E-state index in [1.54, 1.807) is 36.1 Å². The van der Waals surface area contributed by atoms with Gasteiger partial charge < -0.3 is 14.4 Å². The molecule has 0 spiro atoms. The molecule has 1 unspecified atom stereocenters. The molecule has 2 aromatic rings. The molecule has 1 amide bonds. The number of anilines is 1. The largest absolute Gasteiger partial charge is 0.458 e. The van der Waals surface area contributed by atoms with Crippen molar-refractivity contribution in [1.29, 1.82) is 0 Å². The van der Waals surface area contributed by atoms with Crippen molar-refractivity contribution in [3.63, 3.8) is 0 Å². The van der Waals surface area contributed by atoms with Crippen molar-refractivity contribution in [3.8, 4) is 0 Å². The first-order valence-corrected chi connectivity index (χ1v) is 9.10. The Morgan fingerprint density at radius 3 is 2.72 bits per heavy atom. The minimum atomic E-state index is -1.87. The summed E-state index contributed by atoms with van der Waals surface area (Å²) in [7, 11) is 0. The van der Waals surface area contributed by atoms with Crippen LogP contribution >= 0.6 is 15.9 Å². The maximum atomic E-state index is 13.0. The summed E-state index contributed by atoms with van der Waals surface area (Å²) < 4.78 is 6.09. The number of halogens is 1. The van der Waals surface area contributed by atoms with Crippen LogP contribution in [0.15, 0.2) is 39.2 Å². The maximum Gasteiger partial charge on any atom is 0.264 e. The SMILES string of the molecule is CCCCN1C(=O)C(O)(CC(=O)c2ccc(C)o2)c2cc(Br)ccc21. The first kappa shape index (κ1) is 17.9. The minimum Gasteiger partial charge on any atom is -0.458 e. The third-order valence-electron chi connectivity index (χ3n) is 4.46. The molecule has 1 aromatic heterocycles. The Morgan fingerprint density at radius 1 is 1.32 bits per heavy atom. The van der Waals surface area contributed by atoms with E-state index >= 15 is 0 Å². The van der Waals surface area contributed by atoms with Gasteiger partial charge in [-0.25, -0.2) is 0 Å². The number of hydrogen-bond donors (Lipinski definition) is 1. The summed E-state index contributed by atoms with van der Waals surface area (Å²) in [6, 6.07) is 8.59. The van der Waals surface area contributed by atoms with Crippen LogP contribution in [0.2, 0.25) is 0 Å². The lowest BCUT2D eigenvalue weighted by atomic mass is 9.89. The monoisotopic (exact) mass is 405 g/mol. The third kappa shape index (κ3) is 3.16. The number of unbranched alkanes of at least 4 members (excludes halogenated alkanes) is 1. The van der Waals surface area contributed by atoms with Gasteiger partial charge in [0.15, 0.2) is 11.4 Å². The second-order valence-corrected chi connectivity index (χ2v) is 7.26. The predicted molar refractivity (Wildman–Crippen MR) is 97.7 cm³/mol. The van der Waals surface area contributed by atoms with E-state index in [0.29, 0.717) is 23.6 Å². The number of aliphatic hydroxyl groups is 1. The Hall–Kier alpha value is -1.92. The Kier molecular flexibility index (Phi) is 4.84. The highest BCUT2D eigenvalue weighted by Crippen LogP contribution is 2.44. The zero-order valence-corrected chi connectivity index (χ0v) is 15.8. The zero-order valence-electron chi connectivity index (χ0n) is 14.2. The van der Waals surface area contributed by atoms with E-state index in [4.69, 9.17) is 4.42 Å². The van der Waals surface area contributed by atoms with Gasteiger partial charge in [-0.2, -0.15) is 0 Å². The molecule has 0 radical (unpaired) electrons. The Morgan fingerprint density at radius 2 is 2.08 bits per heavy atom. The molecule has 0 saturated heterocycles. The van der Waals surface area contributed by atoms with Crippen LogP contribution in [0.25, 0.3) is 0 Å². The van der Waals surface area contributed by atoms with Gasteiger partial charge in [0.05, 0.1) is 12.1 Å². The quantitative estimate of drug-likeness (QED) is 0.738. The molecule has 0 saturated carbocycles. The van der Waals surface area contributed by atoms with Crippen molar-refractivity contribution in [1.82, 2.24) is 0 Å². The van der Waals surface area contributed by atoms with Crippen LogP contribution in [-0.4, -0.2) is 23.3 Å². The molecule has 0 aliphatic carbocycles. The fraction of sp³-hybridized carbons (Fsp3) is 0.368. The summed E-state index contributed by atoms with van der Waals surface area (Å²) in [6.45, 7) is 4.30. The lowest BCUT2D eigenvalue weighted by Crippen LogP contribution is -2.42. The van der Waals surface area contributed by atoms with E-state index in [9.17, 15) is 14.7 Å². The van der Waals surface area contributed by atoms with Crippen molar-refractivity contribution in [2.45, 2.75) is 38.7 Å². The topological polar surface area (TPSA) is 70.8 Å². The summed E-state index contributed by atoms with van der Waals surface area (Å²) in [5.41, 5.74) is -0.753. The highest BCUT2D eigenvalue weighted by atomic mass is 79.9. The van der Waals surface area contributed by atoms with Crippen molar-refractivity contribution in [2.75, 3.05) is 11.4 Å². The van der Waals surface area contributed by atoms with E-state index in [2.05, 4.69) is 15.9 Å². The van der Waals surface area contributed by atoms with Crippen molar-refractivity contribution in [3.05, 3.63) is 51.9 Å². The molecule has 6 heteroatoms.